The fourth-order valence-corrected chi connectivity index (χ4v) is 10.2. The molecular weight excluding hydrogens is 336 g/mol. The molecule has 0 aromatic carbocycles. The third-order valence-electron chi connectivity index (χ3n) is 6.57. The Morgan fingerprint density at radius 1 is 1.19 bits per heavy atom. The van der Waals surface area contributed by atoms with Gasteiger partial charge in [0.2, 0.25) is 0 Å². The summed E-state index contributed by atoms with van der Waals surface area (Å²) < 4.78 is 6.84. The lowest BCUT2D eigenvalue weighted by molar-refractivity contribution is 0.174. The molecule has 3 heteroatoms. The minimum atomic E-state index is -1.85. The molecule has 0 aliphatic heterocycles. The number of rotatable bonds is 10. The van der Waals surface area contributed by atoms with Gasteiger partial charge in [-0.3, -0.25) is 0 Å². The largest absolute Gasteiger partial charge is 0.415 e. The number of aliphatic hydroxyl groups is 1. The normalized spacial score (nSPS) is 25.3. The van der Waals surface area contributed by atoms with Crippen molar-refractivity contribution in [3.63, 3.8) is 0 Å². The minimum absolute atomic E-state index is 0.0954. The fraction of sp³-hybridized carbons (Fsp3) is 0.826. The molecular formula is C23H42O2Si. The first kappa shape index (κ1) is 23.5. The molecule has 1 N–H and O–H groups in total. The minimum Gasteiger partial charge on any atom is -0.415 e. The zero-order chi connectivity index (χ0) is 20.3. The Morgan fingerprint density at radius 3 is 2.00 bits per heavy atom. The highest BCUT2D eigenvalue weighted by Crippen LogP contribution is 2.55. The molecule has 0 bridgehead atoms. The van der Waals surface area contributed by atoms with Crippen molar-refractivity contribution in [2.75, 3.05) is 6.61 Å². The molecule has 0 aromatic rings. The zero-order valence-corrected chi connectivity index (χ0v) is 19.6. The van der Waals surface area contributed by atoms with E-state index in [1.807, 2.05) is 19.9 Å². The van der Waals surface area contributed by atoms with Gasteiger partial charge < -0.3 is 9.53 Å². The van der Waals surface area contributed by atoms with Crippen LogP contribution >= 0.6 is 0 Å². The van der Waals surface area contributed by atoms with Gasteiger partial charge in [-0.15, -0.1) is 12.3 Å². The second kappa shape index (κ2) is 8.63. The quantitative estimate of drug-likeness (QED) is 0.280. The summed E-state index contributed by atoms with van der Waals surface area (Å²) in [5.41, 5.74) is 1.61. The molecule has 0 amide bonds. The number of hydrogen-bond donors (Lipinski definition) is 1. The van der Waals surface area contributed by atoms with Crippen LogP contribution in [0.15, 0.2) is 12.2 Å². The third-order valence-corrected chi connectivity index (χ3v) is 12.6. The second-order valence-corrected chi connectivity index (χ2v) is 15.6. The van der Waals surface area contributed by atoms with E-state index in [1.54, 1.807) is 0 Å². The Kier molecular flexibility index (Phi) is 7.79. The molecule has 0 unspecified atom stereocenters. The van der Waals surface area contributed by atoms with Crippen molar-refractivity contribution in [1.82, 2.24) is 0 Å². The van der Waals surface area contributed by atoms with Crippen molar-refractivity contribution in [2.24, 2.45) is 16.7 Å². The predicted octanol–water partition coefficient (Wildman–Crippen LogP) is 6.17. The summed E-state index contributed by atoms with van der Waals surface area (Å²) in [6.45, 7) is 21.0. The Morgan fingerprint density at radius 2 is 1.65 bits per heavy atom. The maximum Gasteiger partial charge on any atom is 0.200 e. The van der Waals surface area contributed by atoms with Gasteiger partial charge >= 0.3 is 0 Å². The van der Waals surface area contributed by atoms with Crippen LogP contribution in [0, 0.1) is 29.1 Å². The van der Waals surface area contributed by atoms with Crippen molar-refractivity contribution in [3.8, 4) is 12.3 Å². The topological polar surface area (TPSA) is 29.5 Å². The van der Waals surface area contributed by atoms with E-state index in [0.29, 0.717) is 29.0 Å². The average molecular weight is 379 g/mol. The van der Waals surface area contributed by atoms with Gasteiger partial charge in [-0.1, -0.05) is 60.6 Å². The standard InChI is InChI=1S/C23H42O2Si/c1-11-22(9,10)15-21(24)12-13-23(14-20(23)8)16-25-26(17(2)3,18(4)5)19(6)7/h1,12-13,17-21,24H,14-16H2,2-10H3/t20-,21+,23+/m1/s1. The highest BCUT2D eigenvalue weighted by atomic mass is 28.4. The SMILES string of the molecule is C#CC(C)(C)C[C@@H](O)C=C[C@@]1(CO[Si](C(C)C)(C(C)C)C(C)C)C[C@H]1C. The summed E-state index contributed by atoms with van der Waals surface area (Å²) in [7, 11) is -1.85. The predicted molar refractivity (Wildman–Crippen MR) is 116 cm³/mol. The van der Waals surface area contributed by atoms with Crippen LogP contribution < -0.4 is 0 Å². The molecule has 1 rings (SSSR count). The van der Waals surface area contributed by atoms with Crippen LogP contribution in [0.2, 0.25) is 16.6 Å². The van der Waals surface area contributed by atoms with E-state index in [9.17, 15) is 5.11 Å². The molecule has 150 valence electrons. The average Bonchev–Trinajstić information content (AvgIpc) is 3.15. The van der Waals surface area contributed by atoms with Crippen LogP contribution in [0.25, 0.3) is 0 Å². The van der Waals surface area contributed by atoms with Crippen LogP contribution in [0.1, 0.15) is 75.2 Å². The van der Waals surface area contributed by atoms with Crippen molar-refractivity contribution < 1.29 is 9.53 Å². The fourth-order valence-electron chi connectivity index (χ4n) is 4.70. The zero-order valence-electron chi connectivity index (χ0n) is 18.6. The van der Waals surface area contributed by atoms with E-state index in [2.05, 4.69) is 60.5 Å². The lowest BCUT2D eigenvalue weighted by Gasteiger charge is -2.43. The molecule has 1 aliphatic carbocycles. The first-order valence-corrected chi connectivity index (χ1v) is 12.5. The van der Waals surface area contributed by atoms with E-state index in [4.69, 9.17) is 10.8 Å². The summed E-state index contributed by atoms with van der Waals surface area (Å²) in [5, 5.41) is 10.4. The molecule has 1 fully saturated rings. The molecule has 1 aliphatic rings. The molecule has 0 radical (unpaired) electrons. The molecule has 2 nitrogen and oxygen atoms in total. The van der Waals surface area contributed by atoms with E-state index < -0.39 is 14.4 Å². The molecule has 0 heterocycles. The van der Waals surface area contributed by atoms with Crippen LogP contribution in [0.5, 0.6) is 0 Å². The Hall–Kier alpha value is -0.563. The molecule has 0 aromatic heterocycles. The van der Waals surface area contributed by atoms with E-state index in [0.717, 1.165) is 13.0 Å². The van der Waals surface area contributed by atoms with Crippen molar-refractivity contribution in [3.05, 3.63) is 12.2 Å². The summed E-state index contributed by atoms with van der Waals surface area (Å²) in [4.78, 5) is 0. The molecule has 3 atom stereocenters. The summed E-state index contributed by atoms with van der Waals surface area (Å²) >= 11 is 0. The number of hydrogen-bond acceptors (Lipinski definition) is 2. The van der Waals surface area contributed by atoms with Gasteiger partial charge in [0.15, 0.2) is 8.32 Å². The Balaban J connectivity index is 2.86. The lowest BCUT2D eigenvalue weighted by atomic mass is 9.87. The molecule has 0 saturated heterocycles. The van der Waals surface area contributed by atoms with Gasteiger partial charge in [0.05, 0.1) is 6.10 Å². The third kappa shape index (κ3) is 5.24. The monoisotopic (exact) mass is 378 g/mol. The smallest absolute Gasteiger partial charge is 0.200 e. The van der Waals surface area contributed by atoms with Crippen LogP contribution in [-0.2, 0) is 4.43 Å². The summed E-state index contributed by atoms with van der Waals surface area (Å²) in [6.07, 6.45) is 11.0. The highest BCUT2D eigenvalue weighted by Gasteiger charge is 2.53. The van der Waals surface area contributed by atoms with E-state index >= 15 is 0 Å². The van der Waals surface area contributed by atoms with Crippen LogP contribution in [-0.4, -0.2) is 26.1 Å². The van der Waals surface area contributed by atoms with Crippen molar-refractivity contribution in [1.29, 1.82) is 0 Å². The summed E-state index contributed by atoms with van der Waals surface area (Å²) in [6, 6.07) is 0. The van der Waals surface area contributed by atoms with Gasteiger partial charge in [0.1, 0.15) is 0 Å². The van der Waals surface area contributed by atoms with E-state index in [-0.39, 0.29) is 10.8 Å². The number of terminal acetylenes is 1. The van der Waals surface area contributed by atoms with Crippen molar-refractivity contribution in [2.45, 2.75) is 97.9 Å². The van der Waals surface area contributed by atoms with Gasteiger partial charge in [-0.25, -0.2) is 0 Å². The van der Waals surface area contributed by atoms with E-state index in [1.165, 1.54) is 0 Å². The molecule has 1 saturated carbocycles. The van der Waals surface area contributed by atoms with Crippen molar-refractivity contribution >= 4 is 8.32 Å². The summed E-state index contributed by atoms with van der Waals surface area (Å²) in [5.74, 6) is 3.38. The van der Waals surface area contributed by atoms with Gasteiger partial charge in [-0.05, 0) is 49.2 Å². The molecule has 26 heavy (non-hydrogen) atoms. The first-order chi connectivity index (χ1) is 11.8. The van der Waals surface area contributed by atoms with Gasteiger partial charge in [0, 0.05) is 17.4 Å². The second-order valence-electron chi connectivity index (χ2n) is 10.1. The molecule has 0 spiro atoms. The lowest BCUT2D eigenvalue weighted by Crippen LogP contribution is -2.48. The Bertz CT molecular complexity index is 505. The maximum absolute atomic E-state index is 10.4. The van der Waals surface area contributed by atoms with Crippen LogP contribution in [0.4, 0.5) is 0 Å². The van der Waals surface area contributed by atoms with Gasteiger partial charge in [0.25, 0.3) is 0 Å². The highest BCUT2D eigenvalue weighted by molar-refractivity contribution is 6.77. The maximum atomic E-state index is 10.4. The first-order valence-electron chi connectivity index (χ1n) is 10.3. The van der Waals surface area contributed by atoms with Crippen LogP contribution in [0.3, 0.4) is 0 Å². The Labute approximate surface area is 163 Å². The van der Waals surface area contributed by atoms with Gasteiger partial charge in [-0.2, -0.15) is 0 Å². The number of aliphatic hydroxyl groups excluding tert-OH is 1.